The second kappa shape index (κ2) is 11.7. The Balaban J connectivity index is 1.88. The fraction of sp³-hybridized carbons (Fsp3) is 0.444. The summed E-state index contributed by atoms with van der Waals surface area (Å²) < 4.78 is 59.9. The molecule has 12 nitrogen and oxygen atoms in total. The third-order valence-electron chi connectivity index (χ3n) is 9.61. The Morgan fingerprint density at radius 2 is 0.792 bits per heavy atom. The molecule has 12 heteroatoms. The van der Waals surface area contributed by atoms with Crippen molar-refractivity contribution in [2.45, 2.75) is 38.3 Å². The van der Waals surface area contributed by atoms with Gasteiger partial charge in [0.2, 0.25) is 10.9 Å². The van der Waals surface area contributed by atoms with Crippen molar-refractivity contribution >= 4 is 43.1 Å². The van der Waals surface area contributed by atoms with E-state index in [1.165, 1.54) is 42.7 Å². The number of benzene rings is 5. The molecule has 0 radical (unpaired) electrons. The maximum absolute atomic E-state index is 14.6. The smallest absolute Gasteiger partial charge is 0.232 e. The van der Waals surface area contributed by atoms with Gasteiger partial charge in [-0.3, -0.25) is 9.59 Å². The first-order valence-electron chi connectivity index (χ1n) is 15.6. The van der Waals surface area contributed by atoms with Gasteiger partial charge in [0.15, 0.2) is 23.1 Å². The van der Waals surface area contributed by atoms with E-state index in [-0.39, 0.29) is 57.5 Å². The van der Waals surface area contributed by atoms with E-state index < -0.39 is 11.6 Å². The minimum Gasteiger partial charge on any atom is -0.496 e. The number of rotatable bonds is 10. The van der Waals surface area contributed by atoms with Crippen LogP contribution in [0.5, 0.6) is 34.5 Å². The molecule has 0 unspecified atom stereocenters. The molecule has 5 aromatic carbocycles. The molecule has 0 atom stereocenters. The Labute approximate surface area is 275 Å². The average Bonchev–Trinajstić information content (AvgIpc) is 3.72. The van der Waals surface area contributed by atoms with E-state index in [0.29, 0.717) is 81.4 Å². The molecule has 48 heavy (non-hydrogen) atoms. The average molecular weight is 663 g/mol. The van der Waals surface area contributed by atoms with Gasteiger partial charge in [-0.15, -0.1) is 0 Å². The van der Waals surface area contributed by atoms with Crippen LogP contribution in [0.4, 0.5) is 0 Å². The van der Waals surface area contributed by atoms with Crippen molar-refractivity contribution in [1.29, 1.82) is 0 Å². The second-order valence-electron chi connectivity index (χ2n) is 12.3. The third kappa shape index (κ3) is 4.50. The predicted molar refractivity (Wildman–Crippen MR) is 179 cm³/mol. The predicted octanol–water partition coefficient (Wildman–Crippen LogP) is 4.56. The van der Waals surface area contributed by atoms with Gasteiger partial charge in [-0.1, -0.05) is 0 Å². The van der Waals surface area contributed by atoms with E-state index in [2.05, 4.69) is 0 Å². The highest BCUT2D eigenvalue weighted by molar-refractivity contribution is 6.38. The standard InChI is InChI=1S/C36H38O12/c1-35(45-9-10-46-35)15-17-23-24-18(16-36(2)47-11-12-48-36)34(44-8)32(38)28-22(42-6)14-20(40-4)26(30(24)28)25-19(39-3)13-21(41-5)27(29(23)25)31(37)33(17)43-7/h13-14H,9-12,15-16H2,1-8H3. The highest BCUT2D eigenvalue weighted by atomic mass is 16.7. The zero-order chi connectivity index (χ0) is 34.1. The topological polar surface area (TPSA) is 126 Å². The summed E-state index contributed by atoms with van der Waals surface area (Å²) in [7, 11) is 8.98. The largest absolute Gasteiger partial charge is 0.496 e. The maximum atomic E-state index is 14.6. The molecule has 0 spiro atoms. The van der Waals surface area contributed by atoms with Crippen molar-refractivity contribution in [2.24, 2.45) is 0 Å². The molecule has 2 saturated heterocycles. The van der Waals surface area contributed by atoms with Crippen LogP contribution in [0.15, 0.2) is 21.7 Å². The molecule has 0 aromatic heterocycles. The highest BCUT2D eigenvalue weighted by Gasteiger charge is 2.40. The van der Waals surface area contributed by atoms with Gasteiger partial charge in [-0.2, -0.15) is 0 Å². The molecule has 254 valence electrons. The van der Waals surface area contributed by atoms with Crippen molar-refractivity contribution in [1.82, 2.24) is 0 Å². The van der Waals surface area contributed by atoms with E-state index in [1.807, 2.05) is 13.8 Å². The first-order chi connectivity index (χ1) is 23.1. The van der Waals surface area contributed by atoms with Crippen LogP contribution in [0.1, 0.15) is 25.0 Å². The van der Waals surface area contributed by atoms with Crippen LogP contribution in [0.2, 0.25) is 0 Å². The number of hydrogen-bond acceptors (Lipinski definition) is 12. The summed E-state index contributed by atoms with van der Waals surface area (Å²) in [5.74, 6) is -0.580. The lowest BCUT2D eigenvalue weighted by Gasteiger charge is -2.29. The van der Waals surface area contributed by atoms with Crippen molar-refractivity contribution in [3.05, 3.63) is 43.7 Å². The van der Waals surface area contributed by atoms with Gasteiger partial charge in [-0.25, -0.2) is 0 Å². The molecule has 7 rings (SSSR count). The van der Waals surface area contributed by atoms with Gasteiger partial charge in [-0.05, 0) is 24.6 Å². The van der Waals surface area contributed by atoms with Crippen LogP contribution in [0.25, 0.3) is 43.1 Å². The summed E-state index contributed by atoms with van der Waals surface area (Å²) in [5, 5.41) is 3.93. The molecule has 2 fully saturated rings. The zero-order valence-electron chi connectivity index (χ0n) is 28.3. The van der Waals surface area contributed by atoms with Gasteiger partial charge in [0, 0.05) is 57.6 Å². The lowest BCUT2D eigenvalue weighted by atomic mass is 9.81. The summed E-state index contributed by atoms with van der Waals surface area (Å²) in [5.41, 5.74) is 0.267. The molecular formula is C36H38O12. The number of fused-ring (bicyclic) bond motifs is 2. The lowest BCUT2D eigenvalue weighted by molar-refractivity contribution is -0.140. The Morgan fingerprint density at radius 1 is 0.479 bits per heavy atom. The van der Waals surface area contributed by atoms with E-state index >= 15 is 0 Å². The zero-order valence-corrected chi connectivity index (χ0v) is 28.3. The first kappa shape index (κ1) is 32.2. The minimum atomic E-state index is -1.08. The minimum absolute atomic E-state index is 0.0920. The van der Waals surface area contributed by atoms with Gasteiger partial charge < -0.3 is 47.4 Å². The molecule has 0 aliphatic carbocycles. The molecular weight excluding hydrogens is 624 g/mol. The summed E-state index contributed by atoms with van der Waals surface area (Å²) in [6.45, 7) is 5.20. The Hall–Kier alpha value is -4.36. The highest BCUT2D eigenvalue weighted by Crippen LogP contribution is 2.54. The van der Waals surface area contributed by atoms with E-state index in [1.54, 1.807) is 12.1 Å². The van der Waals surface area contributed by atoms with E-state index in [0.717, 1.165) is 0 Å². The van der Waals surface area contributed by atoms with Crippen molar-refractivity contribution in [3.63, 3.8) is 0 Å². The molecule has 5 aromatic rings. The van der Waals surface area contributed by atoms with Crippen molar-refractivity contribution in [2.75, 3.05) is 69.1 Å². The second-order valence-corrected chi connectivity index (χ2v) is 12.3. The number of ether oxygens (including phenoxy) is 10. The first-order valence-corrected chi connectivity index (χ1v) is 15.6. The van der Waals surface area contributed by atoms with Crippen molar-refractivity contribution in [3.8, 4) is 34.5 Å². The van der Waals surface area contributed by atoms with Gasteiger partial charge >= 0.3 is 0 Å². The summed E-state index contributed by atoms with van der Waals surface area (Å²) >= 11 is 0. The van der Waals surface area contributed by atoms with Crippen LogP contribution in [-0.4, -0.2) is 80.7 Å². The van der Waals surface area contributed by atoms with Crippen LogP contribution in [-0.2, 0) is 31.8 Å². The van der Waals surface area contributed by atoms with Crippen LogP contribution in [0, 0.1) is 0 Å². The fourth-order valence-electron chi connectivity index (χ4n) is 7.67. The molecule has 2 aliphatic rings. The van der Waals surface area contributed by atoms with Gasteiger partial charge in [0.05, 0.1) is 79.9 Å². The van der Waals surface area contributed by atoms with Gasteiger partial charge in [0.1, 0.15) is 23.0 Å². The van der Waals surface area contributed by atoms with Crippen LogP contribution < -0.4 is 39.3 Å². The summed E-state index contributed by atoms with van der Waals surface area (Å²) in [6, 6.07) is 3.33. The summed E-state index contributed by atoms with van der Waals surface area (Å²) in [6.07, 6.45) is 0.275. The monoisotopic (exact) mass is 662 g/mol. The van der Waals surface area contributed by atoms with Crippen LogP contribution >= 0.6 is 0 Å². The third-order valence-corrected chi connectivity index (χ3v) is 9.61. The Morgan fingerprint density at radius 3 is 1.08 bits per heavy atom. The normalized spacial score (nSPS) is 17.2. The molecule has 0 bridgehead atoms. The maximum Gasteiger partial charge on any atom is 0.232 e. The van der Waals surface area contributed by atoms with Gasteiger partial charge in [0.25, 0.3) is 0 Å². The summed E-state index contributed by atoms with van der Waals surface area (Å²) in [4.78, 5) is 29.2. The fourth-order valence-corrected chi connectivity index (χ4v) is 7.67. The van der Waals surface area contributed by atoms with Crippen molar-refractivity contribution < 1.29 is 47.4 Å². The molecule has 0 saturated carbocycles. The SMILES string of the molecule is COc1c(CC2(C)OCCO2)c2c3c(CC4(C)OCCO4)c(OC)c(=O)c4c(OC)cc(OC)c(c5c(OC)cc(OC)c(c1=O)c52)c43. The Bertz CT molecular complexity index is 2030. The Kier molecular flexibility index (Phi) is 7.82. The van der Waals surface area contributed by atoms with E-state index in [9.17, 15) is 9.59 Å². The molecule has 2 heterocycles. The van der Waals surface area contributed by atoms with Crippen LogP contribution in [0.3, 0.4) is 0 Å². The number of hydrogen-bond donors (Lipinski definition) is 0. The van der Waals surface area contributed by atoms with E-state index in [4.69, 9.17) is 47.4 Å². The number of methoxy groups -OCH3 is 6. The molecule has 0 amide bonds. The molecule has 2 aliphatic heterocycles. The quantitative estimate of drug-likeness (QED) is 0.154. The lowest BCUT2D eigenvalue weighted by Crippen LogP contribution is -2.30. The molecule has 0 N–H and O–H groups in total.